The van der Waals surface area contributed by atoms with Gasteiger partial charge in [-0.1, -0.05) is 30.3 Å². The van der Waals surface area contributed by atoms with Crippen LogP contribution in [0.2, 0.25) is 0 Å². The number of fused-ring (bicyclic) bond motifs is 1. The lowest BCUT2D eigenvalue weighted by atomic mass is 10.1. The normalized spacial score (nSPS) is 15.3. The highest BCUT2D eigenvalue weighted by molar-refractivity contribution is 6.04. The molecule has 1 aliphatic rings. The summed E-state index contributed by atoms with van der Waals surface area (Å²) in [6.45, 7) is 3.15. The van der Waals surface area contributed by atoms with Gasteiger partial charge in [0.15, 0.2) is 17.2 Å². The summed E-state index contributed by atoms with van der Waals surface area (Å²) in [6.07, 6.45) is 0. The van der Waals surface area contributed by atoms with Gasteiger partial charge in [0.2, 0.25) is 0 Å². The topological polar surface area (TPSA) is 94.8 Å². The molecule has 0 atom stereocenters. The van der Waals surface area contributed by atoms with Crippen LogP contribution in [0.1, 0.15) is 19.4 Å². The Labute approximate surface area is 145 Å². The fraction of sp³-hybridized carbons (Fsp3) is 0.278. The molecule has 7 heteroatoms. The van der Waals surface area contributed by atoms with Crippen LogP contribution in [-0.2, 0) is 20.9 Å². The number of pyridine rings is 1. The van der Waals surface area contributed by atoms with Crippen molar-refractivity contribution >= 4 is 23.5 Å². The number of carbonyl (C=O) groups is 2. The summed E-state index contributed by atoms with van der Waals surface area (Å²) in [5.74, 6) is -0.0620. The van der Waals surface area contributed by atoms with Gasteiger partial charge in [-0.15, -0.1) is 0 Å². The van der Waals surface area contributed by atoms with Crippen molar-refractivity contribution in [2.24, 2.45) is 0 Å². The molecule has 1 aliphatic heterocycles. The van der Waals surface area contributed by atoms with Crippen LogP contribution in [0.3, 0.4) is 0 Å². The van der Waals surface area contributed by atoms with E-state index < -0.39 is 11.6 Å². The van der Waals surface area contributed by atoms with Crippen molar-refractivity contribution in [3.05, 3.63) is 48.0 Å². The first kappa shape index (κ1) is 16.8. The third-order valence-electron chi connectivity index (χ3n) is 3.77. The lowest BCUT2D eigenvalue weighted by Gasteiger charge is -2.37. The van der Waals surface area contributed by atoms with Crippen LogP contribution in [0.4, 0.5) is 11.6 Å². The Bertz CT molecular complexity index is 805. The van der Waals surface area contributed by atoms with E-state index in [1.165, 1.54) is 4.90 Å². The molecule has 2 aromatic rings. The van der Waals surface area contributed by atoms with Crippen LogP contribution in [0.25, 0.3) is 0 Å². The number of amides is 1. The Morgan fingerprint density at radius 1 is 1.24 bits per heavy atom. The van der Waals surface area contributed by atoms with Crippen LogP contribution in [0, 0.1) is 0 Å². The van der Waals surface area contributed by atoms with Gasteiger partial charge in [0.25, 0.3) is 5.91 Å². The molecule has 0 bridgehead atoms. The third-order valence-corrected chi connectivity index (χ3v) is 3.77. The Kier molecular flexibility index (Phi) is 4.31. The average molecular weight is 341 g/mol. The number of rotatable bonds is 4. The van der Waals surface area contributed by atoms with Gasteiger partial charge >= 0.3 is 5.97 Å². The maximum Gasteiger partial charge on any atom is 0.326 e. The summed E-state index contributed by atoms with van der Waals surface area (Å²) >= 11 is 0. The van der Waals surface area contributed by atoms with E-state index in [-0.39, 0.29) is 30.7 Å². The number of benzene rings is 1. The van der Waals surface area contributed by atoms with E-state index in [2.05, 4.69) is 4.98 Å². The standard InChI is InChI=1S/C18H19N3O4/c1-18(2)17(23)21(16-13(25-18)8-9-14(19)20-16)10-15(22)24-11-12-6-4-3-5-7-12/h3-9H,10-11H2,1-2H3,(H2,19,20). The fourth-order valence-electron chi connectivity index (χ4n) is 2.52. The second-order valence-corrected chi connectivity index (χ2v) is 6.21. The van der Waals surface area contributed by atoms with Crippen molar-refractivity contribution in [3.63, 3.8) is 0 Å². The second-order valence-electron chi connectivity index (χ2n) is 6.21. The van der Waals surface area contributed by atoms with E-state index in [4.69, 9.17) is 15.2 Å². The SMILES string of the molecule is CC1(C)Oc2ccc(N)nc2N(CC(=O)OCc2ccccc2)C1=O. The first-order chi connectivity index (χ1) is 11.9. The molecular weight excluding hydrogens is 322 g/mol. The summed E-state index contributed by atoms with van der Waals surface area (Å²) in [6, 6.07) is 12.5. The van der Waals surface area contributed by atoms with Gasteiger partial charge in [-0.05, 0) is 31.5 Å². The number of esters is 1. The minimum atomic E-state index is -1.11. The van der Waals surface area contributed by atoms with Gasteiger partial charge < -0.3 is 15.2 Å². The Balaban J connectivity index is 1.77. The number of hydrogen-bond acceptors (Lipinski definition) is 6. The molecule has 0 aliphatic carbocycles. The molecule has 2 heterocycles. The maximum atomic E-state index is 12.6. The lowest BCUT2D eigenvalue weighted by Crippen LogP contribution is -2.54. The van der Waals surface area contributed by atoms with Gasteiger partial charge in [-0.3, -0.25) is 14.5 Å². The summed E-state index contributed by atoms with van der Waals surface area (Å²) < 4.78 is 10.9. The summed E-state index contributed by atoms with van der Waals surface area (Å²) in [4.78, 5) is 30.2. The highest BCUT2D eigenvalue weighted by Gasteiger charge is 2.42. The van der Waals surface area contributed by atoms with Crippen LogP contribution in [-0.4, -0.2) is 29.0 Å². The molecule has 0 unspecified atom stereocenters. The van der Waals surface area contributed by atoms with Crippen molar-refractivity contribution in [3.8, 4) is 5.75 Å². The number of hydrogen-bond donors (Lipinski definition) is 1. The summed E-state index contributed by atoms with van der Waals surface area (Å²) in [5, 5.41) is 0. The number of aromatic nitrogens is 1. The van der Waals surface area contributed by atoms with Crippen LogP contribution in [0.15, 0.2) is 42.5 Å². The van der Waals surface area contributed by atoms with E-state index in [0.29, 0.717) is 5.75 Å². The van der Waals surface area contributed by atoms with Crippen molar-refractivity contribution in [1.82, 2.24) is 4.98 Å². The highest BCUT2D eigenvalue weighted by atomic mass is 16.5. The van der Waals surface area contributed by atoms with Crippen LogP contribution < -0.4 is 15.4 Å². The number of nitrogen functional groups attached to an aromatic ring is 1. The van der Waals surface area contributed by atoms with Gasteiger partial charge in [0, 0.05) is 0 Å². The summed E-state index contributed by atoms with van der Waals surface area (Å²) in [7, 11) is 0. The minimum Gasteiger partial charge on any atom is -0.474 e. The van der Waals surface area contributed by atoms with Crippen LogP contribution >= 0.6 is 0 Å². The van der Waals surface area contributed by atoms with Crippen molar-refractivity contribution in [2.75, 3.05) is 17.2 Å². The third kappa shape index (κ3) is 3.55. The molecule has 7 nitrogen and oxygen atoms in total. The molecule has 2 N–H and O–H groups in total. The lowest BCUT2D eigenvalue weighted by molar-refractivity contribution is -0.145. The van der Waals surface area contributed by atoms with Gasteiger partial charge in [-0.2, -0.15) is 0 Å². The molecule has 1 aromatic carbocycles. The first-order valence-corrected chi connectivity index (χ1v) is 7.84. The number of anilines is 2. The molecule has 3 rings (SSSR count). The monoisotopic (exact) mass is 341 g/mol. The van der Waals surface area contributed by atoms with Crippen LogP contribution in [0.5, 0.6) is 5.75 Å². The van der Waals surface area contributed by atoms with Crippen molar-refractivity contribution in [1.29, 1.82) is 0 Å². The smallest absolute Gasteiger partial charge is 0.326 e. The second kappa shape index (κ2) is 6.43. The number of carbonyl (C=O) groups excluding carboxylic acids is 2. The van der Waals surface area contributed by atoms with Crippen molar-refractivity contribution in [2.45, 2.75) is 26.1 Å². The van der Waals surface area contributed by atoms with Crippen molar-refractivity contribution < 1.29 is 19.1 Å². The van der Waals surface area contributed by atoms with E-state index in [9.17, 15) is 9.59 Å². The summed E-state index contributed by atoms with van der Waals surface area (Å²) in [5.41, 5.74) is 5.46. The Hall–Kier alpha value is -3.09. The molecule has 130 valence electrons. The fourth-order valence-corrected chi connectivity index (χ4v) is 2.52. The minimum absolute atomic E-state index is 0.138. The average Bonchev–Trinajstić information content (AvgIpc) is 2.59. The quantitative estimate of drug-likeness (QED) is 0.854. The molecule has 1 amide bonds. The largest absolute Gasteiger partial charge is 0.474 e. The number of nitrogens with zero attached hydrogens (tertiary/aromatic N) is 2. The van der Waals surface area contributed by atoms with E-state index in [0.717, 1.165) is 5.56 Å². The molecule has 0 spiro atoms. The van der Waals surface area contributed by atoms with E-state index in [1.807, 2.05) is 30.3 Å². The zero-order valence-corrected chi connectivity index (χ0v) is 14.1. The molecule has 0 fully saturated rings. The first-order valence-electron chi connectivity index (χ1n) is 7.84. The maximum absolute atomic E-state index is 12.6. The van der Waals surface area contributed by atoms with E-state index in [1.54, 1.807) is 26.0 Å². The molecule has 1 aromatic heterocycles. The highest BCUT2D eigenvalue weighted by Crippen LogP contribution is 2.36. The molecule has 0 saturated carbocycles. The zero-order valence-electron chi connectivity index (χ0n) is 14.1. The predicted octanol–water partition coefficient (Wildman–Crippen LogP) is 1.91. The van der Waals surface area contributed by atoms with Gasteiger partial charge in [-0.25, -0.2) is 4.98 Å². The molecular formula is C18H19N3O4. The predicted molar refractivity (Wildman–Crippen MR) is 91.9 cm³/mol. The zero-order chi connectivity index (χ0) is 18.0. The molecule has 0 saturated heterocycles. The number of ether oxygens (including phenoxy) is 2. The Morgan fingerprint density at radius 3 is 2.68 bits per heavy atom. The van der Waals surface area contributed by atoms with Gasteiger partial charge in [0.1, 0.15) is 19.0 Å². The molecule has 25 heavy (non-hydrogen) atoms. The van der Waals surface area contributed by atoms with Gasteiger partial charge in [0.05, 0.1) is 0 Å². The number of nitrogens with two attached hydrogens (primary N) is 1. The van der Waals surface area contributed by atoms with E-state index >= 15 is 0 Å². The molecule has 0 radical (unpaired) electrons. The Morgan fingerprint density at radius 2 is 1.96 bits per heavy atom.